The van der Waals surface area contributed by atoms with Crippen LogP contribution in [0.2, 0.25) is 0 Å². The van der Waals surface area contributed by atoms with Crippen LogP contribution in [0.25, 0.3) is 0 Å². The molecule has 2 unspecified atom stereocenters. The molecular weight excluding hydrogens is 334 g/mol. The van der Waals surface area contributed by atoms with E-state index in [2.05, 4.69) is 4.90 Å². The second-order valence-electron chi connectivity index (χ2n) is 6.62. The Hall–Kier alpha value is -0.250. The smallest absolute Gasteiger partial charge is 0.264 e. The second-order valence-corrected chi connectivity index (χ2v) is 8.27. The van der Waals surface area contributed by atoms with Crippen molar-refractivity contribution in [3.8, 4) is 0 Å². The standard InChI is InChI=1S/C16H33NO6S/c1-14(19)22-13-15(12-18)6-3-4-9-17(16-7-5-8-16)10-11-23-24(2,20)21/h14-16,18-19H,3-13H2,1-2H3. The van der Waals surface area contributed by atoms with Gasteiger partial charge in [-0.05, 0) is 39.2 Å². The Bertz CT molecular complexity index is 424. The highest BCUT2D eigenvalue weighted by Crippen LogP contribution is 2.25. The van der Waals surface area contributed by atoms with Crippen LogP contribution < -0.4 is 0 Å². The molecule has 1 aliphatic carbocycles. The van der Waals surface area contributed by atoms with Gasteiger partial charge in [0.25, 0.3) is 10.1 Å². The molecule has 0 aromatic carbocycles. The van der Waals surface area contributed by atoms with E-state index in [0.717, 1.165) is 32.1 Å². The number of aliphatic hydroxyl groups excluding tert-OH is 2. The largest absolute Gasteiger partial charge is 0.396 e. The van der Waals surface area contributed by atoms with E-state index in [1.807, 2.05) is 0 Å². The fraction of sp³-hybridized carbons (Fsp3) is 1.00. The second kappa shape index (κ2) is 11.4. The van der Waals surface area contributed by atoms with E-state index in [9.17, 15) is 13.5 Å². The Balaban J connectivity index is 2.24. The van der Waals surface area contributed by atoms with E-state index in [-0.39, 0.29) is 19.1 Å². The lowest BCUT2D eigenvalue weighted by Crippen LogP contribution is -2.42. The molecule has 2 N–H and O–H groups in total. The number of ether oxygens (including phenoxy) is 1. The van der Waals surface area contributed by atoms with Crippen molar-refractivity contribution in [1.82, 2.24) is 4.90 Å². The van der Waals surface area contributed by atoms with Gasteiger partial charge in [0.1, 0.15) is 0 Å². The van der Waals surface area contributed by atoms with Crippen LogP contribution in [0.4, 0.5) is 0 Å². The number of unbranched alkanes of at least 4 members (excludes halogenated alkanes) is 1. The third-order valence-corrected chi connectivity index (χ3v) is 5.00. The Morgan fingerprint density at radius 1 is 1.25 bits per heavy atom. The monoisotopic (exact) mass is 367 g/mol. The maximum atomic E-state index is 11.0. The highest BCUT2D eigenvalue weighted by atomic mass is 32.2. The van der Waals surface area contributed by atoms with Crippen molar-refractivity contribution in [3.05, 3.63) is 0 Å². The lowest BCUT2D eigenvalue weighted by molar-refractivity contribution is -0.101. The molecule has 0 saturated heterocycles. The fourth-order valence-electron chi connectivity index (χ4n) is 2.79. The number of rotatable bonds is 14. The van der Waals surface area contributed by atoms with Crippen molar-refractivity contribution < 1.29 is 27.6 Å². The van der Waals surface area contributed by atoms with E-state index < -0.39 is 16.4 Å². The highest BCUT2D eigenvalue weighted by Gasteiger charge is 2.24. The predicted octanol–water partition coefficient (Wildman–Crippen LogP) is 0.951. The summed E-state index contributed by atoms with van der Waals surface area (Å²) in [4.78, 5) is 2.31. The van der Waals surface area contributed by atoms with Crippen LogP contribution in [0, 0.1) is 5.92 Å². The summed E-state index contributed by atoms with van der Waals surface area (Å²) >= 11 is 0. The summed E-state index contributed by atoms with van der Waals surface area (Å²) in [6, 6.07) is 0.542. The zero-order chi connectivity index (χ0) is 18.0. The topological polar surface area (TPSA) is 96.3 Å². The zero-order valence-electron chi connectivity index (χ0n) is 14.9. The van der Waals surface area contributed by atoms with Crippen LogP contribution in [0.1, 0.15) is 45.4 Å². The highest BCUT2D eigenvalue weighted by molar-refractivity contribution is 7.85. The SMILES string of the molecule is CC(O)OCC(CO)CCCCN(CCOS(C)(=O)=O)C1CCC1. The van der Waals surface area contributed by atoms with Gasteiger partial charge in [-0.2, -0.15) is 8.42 Å². The molecule has 24 heavy (non-hydrogen) atoms. The lowest BCUT2D eigenvalue weighted by atomic mass is 9.91. The third-order valence-electron chi connectivity index (χ3n) is 4.41. The number of hydrogen-bond acceptors (Lipinski definition) is 7. The average molecular weight is 368 g/mol. The Morgan fingerprint density at radius 2 is 1.96 bits per heavy atom. The van der Waals surface area contributed by atoms with E-state index in [1.54, 1.807) is 6.92 Å². The molecule has 0 radical (unpaired) electrons. The molecule has 7 nitrogen and oxygen atoms in total. The maximum Gasteiger partial charge on any atom is 0.264 e. The van der Waals surface area contributed by atoms with Crippen LogP contribution in [-0.4, -0.2) is 75.0 Å². The third kappa shape index (κ3) is 9.90. The Morgan fingerprint density at radius 3 is 2.46 bits per heavy atom. The molecule has 0 spiro atoms. The van der Waals surface area contributed by atoms with Crippen LogP contribution in [0.3, 0.4) is 0 Å². The first-order chi connectivity index (χ1) is 11.3. The minimum atomic E-state index is -3.38. The summed E-state index contributed by atoms with van der Waals surface area (Å²) in [5.74, 6) is 0.0466. The van der Waals surface area contributed by atoms with Gasteiger partial charge in [0, 0.05) is 25.1 Å². The number of hydrogen-bond donors (Lipinski definition) is 2. The summed E-state index contributed by atoms with van der Waals surface area (Å²) in [6.07, 6.45) is 6.64. The maximum absolute atomic E-state index is 11.0. The molecule has 0 heterocycles. The van der Waals surface area contributed by atoms with Gasteiger partial charge >= 0.3 is 0 Å². The zero-order valence-corrected chi connectivity index (χ0v) is 15.7. The van der Waals surface area contributed by atoms with Crippen LogP contribution in [0.5, 0.6) is 0 Å². The molecule has 1 aliphatic rings. The lowest BCUT2D eigenvalue weighted by Gasteiger charge is -2.37. The molecule has 1 fully saturated rings. The molecule has 144 valence electrons. The van der Waals surface area contributed by atoms with E-state index in [4.69, 9.17) is 14.0 Å². The normalized spacial score (nSPS) is 18.5. The first kappa shape index (κ1) is 21.8. The van der Waals surface area contributed by atoms with Crippen LogP contribution in [-0.2, 0) is 19.0 Å². The van der Waals surface area contributed by atoms with Gasteiger partial charge in [-0.3, -0.25) is 9.08 Å². The van der Waals surface area contributed by atoms with Crippen molar-refractivity contribution >= 4 is 10.1 Å². The van der Waals surface area contributed by atoms with Gasteiger partial charge in [-0.1, -0.05) is 12.8 Å². The molecule has 1 rings (SSSR count). The summed E-state index contributed by atoms with van der Waals surface area (Å²) in [5, 5.41) is 18.4. The number of nitrogens with zero attached hydrogens (tertiary/aromatic N) is 1. The van der Waals surface area contributed by atoms with Gasteiger partial charge in [-0.15, -0.1) is 0 Å². The van der Waals surface area contributed by atoms with Gasteiger partial charge in [-0.25, -0.2) is 0 Å². The van der Waals surface area contributed by atoms with Crippen LogP contribution >= 0.6 is 0 Å². The van der Waals surface area contributed by atoms with Gasteiger partial charge in [0.05, 0.1) is 19.5 Å². The van der Waals surface area contributed by atoms with Crippen molar-refractivity contribution in [3.63, 3.8) is 0 Å². The van der Waals surface area contributed by atoms with Crippen LogP contribution in [0.15, 0.2) is 0 Å². The van der Waals surface area contributed by atoms with E-state index in [1.165, 1.54) is 19.3 Å². The summed E-state index contributed by atoms with van der Waals surface area (Å²) in [7, 11) is -3.38. The molecule has 0 aromatic heterocycles. The van der Waals surface area contributed by atoms with Gasteiger partial charge in [0.15, 0.2) is 6.29 Å². The summed E-state index contributed by atoms with van der Waals surface area (Å²) in [6.45, 7) is 3.73. The van der Waals surface area contributed by atoms with Crippen molar-refractivity contribution in [2.75, 3.05) is 39.2 Å². The van der Waals surface area contributed by atoms with Gasteiger partial charge < -0.3 is 14.9 Å². The molecule has 0 aliphatic heterocycles. The fourth-order valence-corrected chi connectivity index (χ4v) is 3.16. The van der Waals surface area contributed by atoms with Crippen molar-refractivity contribution in [2.24, 2.45) is 5.92 Å². The molecule has 0 amide bonds. The number of aliphatic hydroxyl groups is 2. The first-order valence-electron chi connectivity index (χ1n) is 8.80. The van der Waals surface area contributed by atoms with Crippen molar-refractivity contribution in [2.45, 2.75) is 57.8 Å². The van der Waals surface area contributed by atoms with Gasteiger partial charge in [0.2, 0.25) is 0 Å². The molecule has 2 atom stereocenters. The molecule has 0 bridgehead atoms. The van der Waals surface area contributed by atoms with E-state index >= 15 is 0 Å². The van der Waals surface area contributed by atoms with E-state index in [0.29, 0.717) is 19.2 Å². The first-order valence-corrected chi connectivity index (χ1v) is 10.6. The quantitative estimate of drug-likeness (QED) is 0.268. The molecular formula is C16H33NO6S. The molecule has 8 heteroatoms. The minimum absolute atomic E-state index is 0.0466. The Labute approximate surface area is 146 Å². The predicted molar refractivity (Wildman–Crippen MR) is 92.1 cm³/mol. The molecule has 1 saturated carbocycles. The Kier molecular flexibility index (Phi) is 10.3. The summed E-state index contributed by atoms with van der Waals surface area (Å²) < 4.78 is 32.1. The van der Waals surface area contributed by atoms with Crippen molar-refractivity contribution in [1.29, 1.82) is 0 Å². The molecule has 0 aromatic rings. The minimum Gasteiger partial charge on any atom is -0.396 e. The summed E-state index contributed by atoms with van der Waals surface area (Å²) in [5.41, 5.74) is 0. The average Bonchev–Trinajstić information content (AvgIpc) is 2.42.